The molecule has 0 radical (unpaired) electrons. The van der Waals surface area contributed by atoms with E-state index in [1.165, 1.54) is 38.5 Å². The lowest BCUT2D eigenvalue weighted by Gasteiger charge is -2.40. The molecule has 1 aromatic carbocycles. The molecule has 0 unspecified atom stereocenters. The summed E-state index contributed by atoms with van der Waals surface area (Å²) in [7, 11) is 2.32. The predicted octanol–water partition coefficient (Wildman–Crippen LogP) is 4.38. The number of thiocarbonyl (C=S) groups is 1. The molecule has 1 saturated carbocycles. The molecule has 0 spiro atoms. The maximum Gasteiger partial charge on any atom is 0.173 e. The van der Waals surface area contributed by atoms with E-state index in [2.05, 4.69) is 22.2 Å². The Kier molecular flexibility index (Phi) is 5.78. The number of likely N-dealkylation sites (tertiary alicyclic amines) is 1. The number of hydrogen-bond acceptors (Lipinski definition) is 2. The van der Waals surface area contributed by atoms with Crippen LogP contribution in [0.4, 0.5) is 5.69 Å². The summed E-state index contributed by atoms with van der Waals surface area (Å²) in [5.74, 6) is 0. The first kappa shape index (κ1) is 17.0. The molecule has 126 valence electrons. The normalized spacial score (nSPS) is 20.2. The van der Waals surface area contributed by atoms with Crippen molar-refractivity contribution in [1.82, 2.24) is 9.80 Å². The molecular weight excluding hydrogens is 326 g/mol. The minimum atomic E-state index is 0.711. The van der Waals surface area contributed by atoms with Crippen molar-refractivity contribution >= 4 is 34.6 Å². The monoisotopic (exact) mass is 351 g/mol. The molecule has 0 atom stereocenters. The van der Waals surface area contributed by atoms with Crippen molar-refractivity contribution in [1.29, 1.82) is 0 Å². The Morgan fingerprint density at radius 2 is 1.83 bits per heavy atom. The largest absolute Gasteiger partial charge is 0.349 e. The fourth-order valence-electron chi connectivity index (χ4n) is 3.85. The lowest BCUT2D eigenvalue weighted by molar-refractivity contribution is 0.122. The highest BCUT2D eigenvalue weighted by atomic mass is 35.5. The van der Waals surface area contributed by atoms with Gasteiger partial charge in [-0.1, -0.05) is 30.5 Å². The van der Waals surface area contributed by atoms with Gasteiger partial charge in [0.05, 0.1) is 0 Å². The molecular formula is C18H26ClN3S. The van der Waals surface area contributed by atoms with Crippen molar-refractivity contribution in [3.63, 3.8) is 0 Å². The Morgan fingerprint density at radius 1 is 1.17 bits per heavy atom. The second-order valence-electron chi connectivity index (χ2n) is 6.76. The van der Waals surface area contributed by atoms with Crippen LogP contribution >= 0.6 is 23.8 Å². The Balaban J connectivity index is 1.49. The van der Waals surface area contributed by atoms with Gasteiger partial charge >= 0.3 is 0 Å². The van der Waals surface area contributed by atoms with Crippen molar-refractivity contribution in [2.75, 3.05) is 25.5 Å². The highest BCUT2D eigenvalue weighted by Gasteiger charge is 2.29. The Hall–Kier alpha value is -0.840. The zero-order valence-electron chi connectivity index (χ0n) is 13.8. The van der Waals surface area contributed by atoms with Gasteiger partial charge in [-0.25, -0.2) is 0 Å². The molecule has 1 heterocycles. The topological polar surface area (TPSA) is 18.5 Å². The highest BCUT2D eigenvalue weighted by Crippen LogP contribution is 2.27. The van der Waals surface area contributed by atoms with E-state index in [0.717, 1.165) is 35.0 Å². The number of anilines is 1. The van der Waals surface area contributed by atoms with Crippen LogP contribution in [-0.2, 0) is 0 Å². The van der Waals surface area contributed by atoms with E-state index in [9.17, 15) is 0 Å². The third-order valence-electron chi connectivity index (χ3n) is 5.30. The zero-order valence-corrected chi connectivity index (χ0v) is 15.4. The Labute approximate surface area is 150 Å². The molecule has 1 saturated heterocycles. The van der Waals surface area contributed by atoms with Gasteiger partial charge in [-0.3, -0.25) is 0 Å². The van der Waals surface area contributed by atoms with E-state index in [1.807, 2.05) is 24.3 Å². The summed E-state index contributed by atoms with van der Waals surface area (Å²) < 4.78 is 0. The molecule has 1 N–H and O–H groups in total. The van der Waals surface area contributed by atoms with Crippen LogP contribution in [0.15, 0.2) is 24.3 Å². The molecule has 0 amide bonds. The molecule has 3 rings (SSSR count). The fraction of sp³-hybridized carbons (Fsp3) is 0.611. The number of rotatable bonds is 3. The quantitative estimate of drug-likeness (QED) is 0.814. The molecule has 5 heteroatoms. The molecule has 0 aromatic heterocycles. The average molecular weight is 352 g/mol. The maximum atomic E-state index is 6.03. The van der Waals surface area contributed by atoms with Crippen molar-refractivity contribution in [3.05, 3.63) is 29.3 Å². The summed E-state index contributed by atoms with van der Waals surface area (Å²) in [5, 5.41) is 4.86. The summed E-state index contributed by atoms with van der Waals surface area (Å²) in [6.07, 6.45) is 7.97. The highest BCUT2D eigenvalue weighted by molar-refractivity contribution is 7.80. The first-order valence-corrected chi connectivity index (χ1v) is 9.45. The summed E-state index contributed by atoms with van der Waals surface area (Å²) in [6.45, 7) is 2.07. The predicted molar refractivity (Wildman–Crippen MR) is 102 cm³/mol. The van der Waals surface area contributed by atoms with Gasteiger partial charge in [0, 0.05) is 35.9 Å². The van der Waals surface area contributed by atoms with Crippen LogP contribution in [0.1, 0.15) is 38.5 Å². The van der Waals surface area contributed by atoms with Crippen molar-refractivity contribution < 1.29 is 0 Å². The number of nitrogens with zero attached hydrogens (tertiary/aromatic N) is 2. The number of hydrogen-bond donors (Lipinski definition) is 1. The Bertz CT molecular complexity index is 537. The van der Waals surface area contributed by atoms with Crippen LogP contribution in [-0.4, -0.2) is 47.1 Å². The van der Waals surface area contributed by atoms with Crippen LogP contribution in [0.3, 0.4) is 0 Å². The molecule has 0 bridgehead atoms. The summed E-state index contributed by atoms with van der Waals surface area (Å²) in [4.78, 5) is 4.92. The third kappa shape index (κ3) is 4.37. The van der Waals surface area contributed by atoms with Gasteiger partial charge in [0.15, 0.2) is 5.11 Å². The molecule has 1 aromatic rings. The maximum absolute atomic E-state index is 6.03. The van der Waals surface area contributed by atoms with E-state index in [1.54, 1.807) is 0 Å². The first-order valence-electron chi connectivity index (χ1n) is 8.67. The van der Waals surface area contributed by atoms with E-state index in [-0.39, 0.29) is 0 Å². The molecule has 23 heavy (non-hydrogen) atoms. The lowest BCUT2D eigenvalue weighted by atomic mass is 10.0. The minimum Gasteiger partial charge on any atom is -0.349 e. The van der Waals surface area contributed by atoms with Gasteiger partial charge in [0.25, 0.3) is 0 Å². The van der Waals surface area contributed by atoms with E-state index in [0.29, 0.717) is 6.04 Å². The van der Waals surface area contributed by atoms with Crippen LogP contribution < -0.4 is 5.32 Å². The average Bonchev–Trinajstić information content (AvgIpc) is 3.09. The number of nitrogens with one attached hydrogen (secondary N) is 1. The molecule has 3 nitrogen and oxygen atoms in total. The number of piperidine rings is 1. The lowest BCUT2D eigenvalue weighted by Crippen LogP contribution is -2.48. The zero-order chi connectivity index (χ0) is 16.2. The van der Waals surface area contributed by atoms with Crippen LogP contribution in [0, 0.1) is 0 Å². The summed E-state index contributed by atoms with van der Waals surface area (Å²) in [6, 6.07) is 9.25. The SMILES string of the molecule is CN(C1CCCC1)C1CCN(C(=S)Nc2cccc(Cl)c2)CC1. The van der Waals surface area contributed by atoms with Gasteiger partial charge < -0.3 is 15.1 Å². The molecule has 1 aliphatic heterocycles. The standard InChI is InChI=1S/C18H26ClN3S/c1-21(16-7-2-3-8-16)17-9-11-22(12-10-17)18(23)20-15-6-4-5-14(19)13-15/h4-6,13,16-17H,2-3,7-12H2,1H3,(H,20,23). The van der Waals surface area contributed by atoms with Gasteiger partial charge in [0.1, 0.15) is 0 Å². The number of halogens is 1. The second-order valence-corrected chi connectivity index (χ2v) is 7.59. The summed E-state index contributed by atoms with van der Waals surface area (Å²) >= 11 is 11.6. The van der Waals surface area contributed by atoms with Crippen molar-refractivity contribution in [2.45, 2.75) is 50.6 Å². The van der Waals surface area contributed by atoms with E-state index >= 15 is 0 Å². The molecule has 1 aliphatic carbocycles. The van der Waals surface area contributed by atoms with Crippen LogP contribution in [0.5, 0.6) is 0 Å². The Morgan fingerprint density at radius 3 is 2.48 bits per heavy atom. The summed E-state index contributed by atoms with van der Waals surface area (Å²) in [5.41, 5.74) is 0.965. The van der Waals surface area contributed by atoms with Gasteiger partial charge in [-0.05, 0) is 63.1 Å². The second kappa shape index (κ2) is 7.82. The van der Waals surface area contributed by atoms with Crippen molar-refractivity contribution in [2.24, 2.45) is 0 Å². The van der Waals surface area contributed by atoms with E-state index < -0.39 is 0 Å². The number of benzene rings is 1. The van der Waals surface area contributed by atoms with Gasteiger partial charge in [0.2, 0.25) is 0 Å². The van der Waals surface area contributed by atoms with Crippen molar-refractivity contribution in [3.8, 4) is 0 Å². The van der Waals surface area contributed by atoms with Gasteiger partial charge in [-0.15, -0.1) is 0 Å². The van der Waals surface area contributed by atoms with E-state index in [4.69, 9.17) is 23.8 Å². The minimum absolute atomic E-state index is 0.711. The molecule has 2 fully saturated rings. The van der Waals surface area contributed by atoms with Crippen LogP contribution in [0.2, 0.25) is 5.02 Å². The third-order valence-corrected chi connectivity index (χ3v) is 5.90. The van der Waals surface area contributed by atoms with Gasteiger partial charge in [-0.2, -0.15) is 0 Å². The molecule has 2 aliphatic rings. The fourth-order valence-corrected chi connectivity index (χ4v) is 4.35. The van der Waals surface area contributed by atoms with Crippen LogP contribution in [0.25, 0.3) is 0 Å². The smallest absolute Gasteiger partial charge is 0.173 e. The first-order chi connectivity index (χ1) is 11.1.